The molecule has 3 aromatic carbocycles. The van der Waals surface area contributed by atoms with Crippen LogP contribution in [0.15, 0.2) is 89.5 Å². The lowest BCUT2D eigenvalue weighted by Crippen LogP contribution is -2.02. The molecule has 5 rings (SSSR count). The molecule has 0 spiro atoms. The fourth-order valence-electron chi connectivity index (χ4n) is 3.43. The van der Waals surface area contributed by atoms with Gasteiger partial charge in [0.25, 0.3) is 0 Å². The van der Waals surface area contributed by atoms with Gasteiger partial charge in [0, 0.05) is 16.4 Å². The highest BCUT2D eigenvalue weighted by atomic mass is 16.5. The molecule has 0 bridgehead atoms. The van der Waals surface area contributed by atoms with Crippen LogP contribution in [0, 0.1) is 6.92 Å². The highest BCUT2D eigenvalue weighted by Gasteiger charge is 2.24. The van der Waals surface area contributed by atoms with Crippen molar-refractivity contribution < 1.29 is 4.52 Å². The van der Waals surface area contributed by atoms with Crippen LogP contribution in [-0.2, 0) is 0 Å². The van der Waals surface area contributed by atoms with Crippen LogP contribution in [0.1, 0.15) is 5.69 Å². The first kappa shape index (κ1) is 17.1. The van der Waals surface area contributed by atoms with Gasteiger partial charge in [0.05, 0.1) is 5.69 Å². The van der Waals surface area contributed by atoms with E-state index in [4.69, 9.17) is 4.52 Å². The van der Waals surface area contributed by atoms with Crippen LogP contribution >= 0.6 is 0 Å². The van der Waals surface area contributed by atoms with Crippen molar-refractivity contribution in [3.63, 3.8) is 0 Å². The van der Waals surface area contributed by atoms with Crippen molar-refractivity contribution in [3.8, 4) is 39.5 Å². The summed E-state index contributed by atoms with van der Waals surface area (Å²) in [5, 5.41) is 16.6. The molecule has 0 unspecified atom stereocenters. The predicted octanol–water partition coefficient (Wildman–Crippen LogP) is 4.96. The Morgan fingerprint density at radius 1 is 0.724 bits per heavy atom. The normalized spacial score (nSPS) is 10.9. The fraction of sp³-hybridized carbons (Fsp3) is 0.0435. The molecule has 0 aliphatic rings. The molecule has 0 fully saturated rings. The smallest absolute Gasteiger partial charge is 0.212 e. The third-order valence-electron chi connectivity index (χ3n) is 4.80. The lowest BCUT2D eigenvalue weighted by Gasteiger charge is -2.12. The fourth-order valence-corrected chi connectivity index (χ4v) is 3.43. The minimum Gasteiger partial charge on any atom is -0.335 e. The van der Waals surface area contributed by atoms with Gasteiger partial charge in [-0.3, -0.25) is 0 Å². The summed E-state index contributed by atoms with van der Waals surface area (Å²) >= 11 is 0. The summed E-state index contributed by atoms with van der Waals surface area (Å²) < 4.78 is 7.26. The summed E-state index contributed by atoms with van der Waals surface area (Å²) in [6, 6.07) is 28.4. The van der Waals surface area contributed by atoms with Gasteiger partial charge in [-0.1, -0.05) is 84.1 Å². The molecule has 0 saturated heterocycles. The Hall–Kier alpha value is -4.06. The monoisotopic (exact) mass is 379 g/mol. The second-order valence-electron chi connectivity index (χ2n) is 6.64. The minimum atomic E-state index is 0.521. The topological polar surface area (TPSA) is 69.6 Å². The highest BCUT2D eigenvalue weighted by molar-refractivity contribution is 5.80. The van der Waals surface area contributed by atoms with Crippen LogP contribution in [-0.4, -0.2) is 25.4 Å². The largest absolute Gasteiger partial charge is 0.335 e. The summed E-state index contributed by atoms with van der Waals surface area (Å²) in [6.07, 6.45) is 0. The van der Waals surface area contributed by atoms with E-state index in [0.717, 1.165) is 28.1 Å². The van der Waals surface area contributed by atoms with E-state index in [-0.39, 0.29) is 0 Å². The number of hydrogen-bond donors (Lipinski definition) is 0. The van der Waals surface area contributed by atoms with Crippen molar-refractivity contribution in [2.45, 2.75) is 6.92 Å². The first-order chi connectivity index (χ1) is 14.3. The molecule has 2 aromatic heterocycles. The molecule has 6 nitrogen and oxygen atoms in total. The van der Waals surface area contributed by atoms with Crippen LogP contribution in [0.4, 0.5) is 0 Å². The number of aromatic nitrogens is 5. The molecule has 0 aliphatic heterocycles. The van der Waals surface area contributed by atoms with Crippen molar-refractivity contribution in [2.24, 2.45) is 0 Å². The molecular weight excluding hydrogens is 362 g/mol. The maximum absolute atomic E-state index is 5.40. The molecule has 140 valence electrons. The molecular formula is C23H17N5O. The molecule has 0 amide bonds. The second kappa shape index (κ2) is 7.16. The number of nitrogens with zero attached hydrogens (tertiary/aromatic N) is 5. The molecule has 5 aromatic rings. The summed E-state index contributed by atoms with van der Waals surface area (Å²) in [7, 11) is 0. The quantitative estimate of drug-likeness (QED) is 0.441. The molecule has 0 atom stereocenters. The zero-order valence-corrected chi connectivity index (χ0v) is 15.7. The molecule has 0 aliphatic carbocycles. The number of hydrogen-bond acceptors (Lipinski definition) is 5. The molecule has 2 heterocycles. The van der Waals surface area contributed by atoms with Gasteiger partial charge in [-0.25, -0.2) is 4.68 Å². The van der Waals surface area contributed by atoms with Gasteiger partial charge >= 0.3 is 0 Å². The summed E-state index contributed by atoms with van der Waals surface area (Å²) in [5.41, 5.74) is 6.20. The van der Waals surface area contributed by atoms with Crippen LogP contribution < -0.4 is 0 Å². The minimum absolute atomic E-state index is 0.521. The molecule has 29 heavy (non-hydrogen) atoms. The lowest BCUT2D eigenvalue weighted by molar-refractivity contribution is 0.402. The van der Waals surface area contributed by atoms with Crippen molar-refractivity contribution in [2.75, 3.05) is 0 Å². The van der Waals surface area contributed by atoms with Gasteiger partial charge in [0.2, 0.25) is 5.76 Å². The Balaban J connectivity index is 1.78. The number of rotatable bonds is 4. The van der Waals surface area contributed by atoms with E-state index in [0.29, 0.717) is 17.1 Å². The Morgan fingerprint density at radius 2 is 1.38 bits per heavy atom. The first-order valence-corrected chi connectivity index (χ1v) is 9.28. The molecule has 0 N–H and O–H groups in total. The number of aryl methyl sites for hydroxylation is 1. The van der Waals surface area contributed by atoms with E-state index in [1.807, 2.05) is 78.3 Å². The van der Waals surface area contributed by atoms with Gasteiger partial charge in [0.15, 0.2) is 5.69 Å². The summed E-state index contributed by atoms with van der Waals surface area (Å²) in [5.74, 6) is 0.521. The third-order valence-corrected chi connectivity index (χ3v) is 4.80. The van der Waals surface area contributed by atoms with Gasteiger partial charge < -0.3 is 4.52 Å². The van der Waals surface area contributed by atoms with Gasteiger partial charge in [-0.05, 0) is 18.6 Å². The average molecular weight is 379 g/mol. The van der Waals surface area contributed by atoms with E-state index in [1.165, 1.54) is 0 Å². The summed E-state index contributed by atoms with van der Waals surface area (Å²) in [6.45, 7) is 1.84. The van der Waals surface area contributed by atoms with Crippen molar-refractivity contribution in [1.82, 2.24) is 25.4 Å². The predicted molar refractivity (Wildman–Crippen MR) is 110 cm³/mol. The zero-order valence-electron chi connectivity index (χ0n) is 15.7. The molecule has 0 radical (unpaired) electrons. The Bertz CT molecular complexity index is 1260. The van der Waals surface area contributed by atoms with Crippen LogP contribution in [0.3, 0.4) is 0 Å². The average Bonchev–Trinajstić information content (AvgIpc) is 3.41. The Kier molecular flexibility index (Phi) is 4.22. The maximum atomic E-state index is 5.40. The highest BCUT2D eigenvalue weighted by Crippen LogP contribution is 2.35. The second-order valence-corrected chi connectivity index (χ2v) is 6.64. The maximum Gasteiger partial charge on any atom is 0.212 e. The van der Waals surface area contributed by atoms with E-state index in [9.17, 15) is 0 Å². The zero-order chi connectivity index (χ0) is 19.6. The van der Waals surface area contributed by atoms with E-state index in [2.05, 4.69) is 38.9 Å². The van der Waals surface area contributed by atoms with Gasteiger partial charge in [0.1, 0.15) is 11.4 Å². The SMILES string of the molecule is Cc1nnoc1-c1nnn(-c2ccccc2-c2ccccc2)c1-c1ccccc1. The molecule has 0 saturated carbocycles. The lowest BCUT2D eigenvalue weighted by atomic mass is 10.0. The summed E-state index contributed by atoms with van der Waals surface area (Å²) in [4.78, 5) is 0. The Labute approximate surface area is 167 Å². The van der Waals surface area contributed by atoms with Crippen LogP contribution in [0.25, 0.3) is 39.5 Å². The number of benzene rings is 3. The molecule has 6 heteroatoms. The number of para-hydroxylation sites is 1. The Morgan fingerprint density at radius 3 is 2.07 bits per heavy atom. The van der Waals surface area contributed by atoms with Crippen LogP contribution in [0.2, 0.25) is 0 Å². The van der Waals surface area contributed by atoms with Gasteiger partial charge in [-0.15, -0.1) is 10.2 Å². The third kappa shape index (κ3) is 3.00. The van der Waals surface area contributed by atoms with E-state index in [1.54, 1.807) is 0 Å². The van der Waals surface area contributed by atoms with Crippen LogP contribution in [0.5, 0.6) is 0 Å². The van der Waals surface area contributed by atoms with E-state index >= 15 is 0 Å². The van der Waals surface area contributed by atoms with Crippen molar-refractivity contribution in [3.05, 3.63) is 90.6 Å². The van der Waals surface area contributed by atoms with Crippen molar-refractivity contribution in [1.29, 1.82) is 0 Å². The standard InChI is InChI=1S/C23H17N5O/c1-16-23(29-27-24-16)21-22(18-12-6-3-7-13-18)28(26-25-21)20-15-9-8-14-19(20)17-10-4-2-5-11-17/h2-15H,1H3. The van der Waals surface area contributed by atoms with Crippen molar-refractivity contribution >= 4 is 0 Å². The van der Waals surface area contributed by atoms with Gasteiger partial charge in [-0.2, -0.15) is 0 Å². The van der Waals surface area contributed by atoms with E-state index < -0.39 is 0 Å². The first-order valence-electron chi connectivity index (χ1n) is 9.28.